The van der Waals surface area contributed by atoms with Crippen molar-refractivity contribution in [3.05, 3.63) is 66.1 Å². The van der Waals surface area contributed by atoms with E-state index in [1.165, 1.54) is 114 Å². The molecule has 0 saturated heterocycles. The van der Waals surface area contributed by atoms with E-state index in [0.717, 1.165) is 35.5 Å². The normalized spacial score (nSPS) is 11.2. The molecule has 0 aliphatic carbocycles. The van der Waals surface area contributed by atoms with Crippen molar-refractivity contribution < 1.29 is 0 Å². The molecule has 0 saturated carbocycles. The van der Waals surface area contributed by atoms with Crippen LogP contribution in [0.25, 0.3) is 22.6 Å². The van der Waals surface area contributed by atoms with E-state index in [4.69, 9.17) is 4.98 Å². The number of hydrogen-bond donors (Lipinski definition) is 0. The zero-order valence-corrected chi connectivity index (χ0v) is 24.3. The second-order valence-corrected chi connectivity index (χ2v) is 11.0. The molecule has 3 aromatic rings. The van der Waals surface area contributed by atoms with E-state index >= 15 is 0 Å². The van der Waals surface area contributed by atoms with Crippen LogP contribution in [-0.2, 0) is 12.8 Å². The van der Waals surface area contributed by atoms with Crippen molar-refractivity contribution >= 4 is 0 Å². The van der Waals surface area contributed by atoms with Crippen LogP contribution in [0.3, 0.4) is 0 Å². The fraction of sp³-hybridized carbons (Fsp3) is 0.571. The first-order valence-electron chi connectivity index (χ1n) is 15.7. The average molecular weight is 514 g/mol. The number of benzene rings is 1. The van der Waals surface area contributed by atoms with Crippen molar-refractivity contribution in [2.45, 2.75) is 129 Å². The fourth-order valence-electron chi connectivity index (χ4n) is 5.09. The Balaban J connectivity index is 1.37. The zero-order chi connectivity index (χ0) is 26.7. The van der Waals surface area contributed by atoms with Crippen LogP contribution in [0, 0.1) is 0 Å². The quantitative estimate of drug-likeness (QED) is 0.141. The molecule has 3 nitrogen and oxygen atoms in total. The molecule has 0 aliphatic heterocycles. The van der Waals surface area contributed by atoms with Gasteiger partial charge in [-0.15, -0.1) is 0 Å². The molecule has 1 aromatic carbocycles. The Labute approximate surface area is 233 Å². The third-order valence-electron chi connectivity index (χ3n) is 7.61. The molecule has 2 heterocycles. The Bertz CT molecular complexity index is 895. The minimum absolute atomic E-state index is 0.796. The Morgan fingerprint density at radius 3 is 1.37 bits per heavy atom. The summed E-state index contributed by atoms with van der Waals surface area (Å²) >= 11 is 0. The Kier molecular flexibility index (Phi) is 14.7. The van der Waals surface area contributed by atoms with Crippen molar-refractivity contribution in [1.82, 2.24) is 15.0 Å². The second kappa shape index (κ2) is 18.7. The summed E-state index contributed by atoms with van der Waals surface area (Å²) in [7, 11) is 0. The molecule has 0 aliphatic rings. The molecule has 0 fully saturated rings. The molecule has 3 rings (SSSR count). The number of aromatic nitrogens is 3. The molecule has 2 aromatic heterocycles. The molecule has 0 atom stereocenters. The molecule has 0 spiro atoms. The van der Waals surface area contributed by atoms with Gasteiger partial charge in [-0.2, -0.15) is 0 Å². The Hall–Kier alpha value is -2.55. The van der Waals surface area contributed by atoms with Crippen LogP contribution in [-0.4, -0.2) is 15.0 Å². The third kappa shape index (κ3) is 11.5. The van der Waals surface area contributed by atoms with Gasteiger partial charge in [0.1, 0.15) is 0 Å². The number of aryl methyl sites for hydroxylation is 2. The van der Waals surface area contributed by atoms with Crippen molar-refractivity contribution in [3.8, 4) is 22.6 Å². The summed E-state index contributed by atoms with van der Waals surface area (Å²) in [5, 5.41) is 0. The van der Waals surface area contributed by atoms with Crippen LogP contribution in [0.5, 0.6) is 0 Å². The van der Waals surface area contributed by atoms with Crippen LogP contribution in [0.15, 0.2) is 55.0 Å². The smallest absolute Gasteiger partial charge is 0.159 e. The van der Waals surface area contributed by atoms with Crippen LogP contribution in [0.2, 0.25) is 0 Å². The van der Waals surface area contributed by atoms with Gasteiger partial charge in [-0.3, -0.25) is 4.98 Å². The maximum Gasteiger partial charge on any atom is 0.159 e. The second-order valence-electron chi connectivity index (χ2n) is 11.0. The van der Waals surface area contributed by atoms with Crippen molar-refractivity contribution in [2.24, 2.45) is 0 Å². The summed E-state index contributed by atoms with van der Waals surface area (Å²) in [6.45, 7) is 4.55. The molecule has 38 heavy (non-hydrogen) atoms. The van der Waals surface area contributed by atoms with Gasteiger partial charge in [0.25, 0.3) is 0 Å². The summed E-state index contributed by atoms with van der Waals surface area (Å²) in [6.07, 6.45) is 29.9. The van der Waals surface area contributed by atoms with Gasteiger partial charge < -0.3 is 0 Å². The van der Waals surface area contributed by atoms with E-state index in [1.54, 1.807) is 0 Å². The number of rotatable bonds is 20. The molecular formula is C35H51N3. The number of hydrogen-bond acceptors (Lipinski definition) is 3. The van der Waals surface area contributed by atoms with E-state index in [1.807, 2.05) is 12.4 Å². The average Bonchev–Trinajstić information content (AvgIpc) is 2.97. The molecule has 0 N–H and O–H groups in total. The number of nitrogens with zero attached hydrogens (tertiary/aromatic N) is 3. The summed E-state index contributed by atoms with van der Waals surface area (Å²) in [6, 6.07) is 12.9. The maximum atomic E-state index is 4.74. The summed E-state index contributed by atoms with van der Waals surface area (Å²) < 4.78 is 0. The largest absolute Gasteiger partial charge is 0.256 e. The molecular weight excluding hydrogens is 462 g/mol. The number of pyridine rings is 1. The van der Waals surface area contributed by atoms with Gasteiger partial charge in [0.2, 0.25) is 0 Å². The molecule has 0 bridgehead atoms. The summed E-state index contributed by atoms with van der Waals surface area (Å²) in [5.74, 6) is 0.796. The molecule has 0 radical (unpaired) electrons. The zero-order valence-electron chi connectivity index (χ0n) is 24.3. The van der Waals surface area contributed by atoms with Crippen LogP contribution in [0.1, 0.15) is 128 Å². The highest BCUT2D eigenvalue weighted by atomic mass is 14.9. The number of unbranched alkanes of at least 4 members (excludes halogenated alkanes) is 14. The lowest BCUT2D eigenvalue weighted by atomic mass is 10.0. The minimum Gasteiger partial charge on any atom is -0.256 e. The monoisotopic (exact) mass is 513 g/mol. The van der Waals surface area contributed by atoms with Crippen LogP contribution < -0.4 is 0 Å². The van der Waals surface area contributed by atoms with Crippen LogP contribution >= 0.6 is 0 Å². The van der Waals surface area contributed by atoms with E-state index in [2.05, 4.69) is 66.4 Å². The van der Waals surface area contributed by atoms with E-state index in [-0.39, 0.29) is 0 Å². The minimum atomic E-state index is 0.796. The van der Waals surface area contributed by atoms with E-state index in [9.17, 15) is 0 Å². The van der Waals surface area contributed by atoms with Gasteiger partial charge in [-0.05, 0) is 42.9 Å². The van der Waals surface area contributed by atoms with Gasteiger partial charge in [-0.25, -0.2) is 9.97 Å². The summed E-state index contributed by atoms with van der Waals surface area (Å²) in [4.78, 5) is 14.0. The fourth-order valence-corrected chi connectivity index (χ4v) is 5.09. The molecule has 206 valence electrons. The highest BCUT2D eigenvalue weighted by molar-refractivity contribution is 5.65. The van der Waals surface area contributed by atoms with Gasteiger partial charge in [0, 0.05) is 29.7 Å². The Morgan fingerprint density at radius 2 is 0.868 bits per heavy atom. The predicted molar refractivity (Wildman–Crippen MR) is 163 cm³/mol. The van der Waals surface area contributed by atoms with Crippen molar-refractivity contribution in [1.29, 1.82) is 0 Å². The molecule has 3 heteroatoms. The molecule has 0 amide bonds. The summed E-state index contributed by atoms with van der Waals surface area (Å²) in [5.41, 5.74) is 5.81. The highest BCUT2D eigenvalue weighted by Crippen LogP contribution is 2.22. The van der Waals surface area contributed by atoms with Crippen molar-refractivity contribution in [2.75, 3.05) is 0 Å². The van der Waals surface area contributed by atoms with E-state index < -0.39 is 0 Å². The van der Waals surface area contributed by atoms with E-state index in [0.29, 0.717) is 0 Å². The van der Waals surface area contributed by atoms with Gasteiger partial charge in [0.15, 0.2) is 5.82 Å². The first-order valence-corrected chi connectivity index (χ1v) is 15.7. The maximum absolute atomic E-state index is 4.74. The van der Waals surface area contributed by atoms with Gasteiger partial charge in [0.05, 0.1) is 5.69 Å². The van der Waals surface area contributed by atoms with Crippen LogP contribution in [0.4, 0.5) is 0 Å². The molecule has 0 unspecified atom stereocenters. The third-order valence-corrected chi connectivity index (χ3v) is 7.61. The predicted octanol–water partition coefficient (Wildman–Crippen LogP) is 10.6. The lowest BCUT2D eigenvalue weighted by molar-refractivity contribution is 0.575. The van der Waals surface area contributed by atoms with Gasteiger partial charge >= 0.3 is 0 Å². The lowest BCUT2D eigenvalue weighted by Crippen LogP contribution is -1.94. The Morgan fingerprint density at radius 1 is 0.421 bits per heavy atom. The first kappa shape index (κ1) is 30.0. The van der Waals surface area contributed by atoms with Crippen molar-refractivity contribution in [3.63, 3.8) is 0 Å². The topological polar surface area (TPSA) is 38.7 Å². The highest BCUT2D eigenvalue weighted by Gasteiger charge is 2.05. The SMILES string of the molecule is CCCCCCCCCCc1ccc(-c2ccc(-c3ncc(CCCCCCCCCC)cn3)cc2)nc1. The lowest BCUT2D eigenvalue weighted by Gasteiger charge is -2.06. The first-order chi connectivity index (χ1) is 18.8. The van der Waals surface area contributed by atoms with Gasteiger partial charge in [-0.1, -0.05) is 134 Å². The standard InChI is InChI=1S/C35H51N3/c1-3-5-7-9-11-13-15-17-19-30-21-26-34(36-27-30)32-22-24-33(25-23-32)35-37-28-31(29-38-35)20-18-16-14-12-10-8-6-4-2/h21-29H,3-20H2,1-2H3.